The molecule has 0 aliphatic carbocycles. The first-order valence-electron chi connectivity index (χ1n) is 9.88. The molecule has 0 aromatic heterocycles. The van der Waals surface area contributed by atoms with E-state index >= 15 is 0 Å². The molecule has 0 radical (unpaired) electrons. The molecule has 1 aliphatic rings. The molecule has 1 amide bonds. The van der Waals surface area contributed by atoms with Crippen molar-refractivity contribution in [2.45, 2.75) is 37.6 Å². The van der Waals surface area contributed by atoms with Gasteiger partial charge in [-0.25, -0.2) is 16.8 Å². The minimum Gasteiger partial charge on any atom is -0.326 e. The van der Waals surface area contributed by atoms with Crippen LogP contribution in [0.5, 0.6) is 0 Å². The van der Waals surface area contributed by atoms with Crippen molar-refractivity contribution in [3.05, 3.63) is 59.7 Å². The van der Waals surface area contributed by atoms with Crippen LogP contribution in [0.25, 0.3) is 0 Å². The van der Waals surface area contributed by atoms with Gasteiger partial charge in [0, 0.05) is 25.2 Å². The number of sulfonamides is 1. The summed E-state index contributed by atoms with van der Waals surface area (Å²) in [6.45, 7) is 2.57. The first-order valence-corrected chi connectivity index (χ1v) is 13.1. The van der Waals surface area contributed by atoms with Gasteiger partial charge in [0.2, 0.25) is 15.9 Å². The minimum atomic E-state index is -3.53. The van der Waals surface area contributed by atoms with E-state index in [0.29, 0.717) is 25.1 Å². The molecule has 1 aliphatic heterocycles. The highest BCUT2D eigenvalue weighted by Gasteiger charge is 2.26. The van der Waals surface area contributed by atoms with Crippen LogP contribution in [-0.2, 0) is 37.6 Å². The zero-order valence-corrected chi connectivity index (χ0v) is 18.5. The lowest BCUT2D eigenvalue weighted by Gasteiger charge is -2.28. The maximum absolute atomic E-state index is 12.4. The van der Waals surface area contributed by atoms with Gasteiger partial charge >= 0.3 is 0 Å². The predicted molar refractivity (Wildman–Crippen MR) is 116 cm³/mol. The van der Waals surface area contributed by atoms with Crippen molar-refractivity contribution in [1.29, 1.82) is 0 Å². The number of carbonyl (C=O) groups excluding carboxylic acids is 1. The Balaban J connectivity index is 1.63. The lowest BCUT2D eigenvalue weighted by atomic mass is 10.0. The first-order chi connectivity index (χ1) is 14.2. The Morgan fingerprint density at radius 2 is 1.73 bits per heavy atom. The number of sulfone groups is 1. The van der Waals surface area contributed by atoms with Gasteiger partial charge in [-0.3, -0.25) is 4.79 Å². The van der Waals surface area contributed by atoms with Crippen molar-refractivity contribution < 1.29 is 21.6 Å². The van der Waals surface area contributed by atoms with Crippen LogP contribution in [0.3, 0.4) is 0 Å². The molecule has 1 heterocycles. The summed E-state index contributed by atoms with van der Waals surface area (Å²) in [6, 6.07) is 13.5. The van der Waals surface area contributed by atoms with Gasteiger partial charge in [-0.05, 0) is 48.2 Å². The van der Waals surface area contributed by atoms with Gasteiger partial charge < -0.3 is 5.32 Å². The number of fused-ring (bicyclic) bond motifs is 1. The molecule has 0 unspecified atom stereocenters. The Bertz CT molecular complexity index is 1110. The second-order valence-corrected chi connectivity index (χ2v) is 11.5. The number of carbonyl (C=O) groups is 1. The molecule has 0 atom stereocenters. The molecule has 2 aromatic rings. The van der Waals surface area contributed by atoms with Crippen LogP contribution in [0.1, 0.15) is 30.9 Å². The van der Waals surface area contributed by atoms with E-state index in [2.05, 4.69) is 5.32 Å². The number of hydrogen-bond acceptors (Lipinski definition) is 5. The van der Waals surface area contributed by atoms with Crippen LogP contribution < -0.4 is 5.32 Å². The van der Waals surface area contributed by atoms with Crippen molar-refractivity contribution in [2.75, 3.05) is 23.4 Å². The first kappa shape index (κ1) is 22.5. The summed E-state index contributed by atoms with van der Waals surface area (Å²) in [4.78, 5) is 12.5. The molecular formula is C21H26N2O5S2. The quantitative estimate of drug-likeness (QED) is 0.666. The van der Waals surface area contributed by atoms with Gasteiger partial charge in [-0.15, -0.1) is 0 Å². The van der Waals surface area contributed by atoms with Crippen LogP contribution in [0.15, 0.2) is 53.4 Å². The summed E-state index contributed by atoms with van der Waals surface area (Å²) in [6.07, 6.45) is 1.03. The van der Waals surface area contributed by atoms with Crippen molar-refractivity contribution in [3.63, 3.8) is 0 Å². The average Bonchev–Trinajstić information content (AvgIpc) is 2.72. The molecule has 0 saturated heterocycles. The third-order valence-corrected chi connectivity index (χ3v) is 8.78. The Morgan fingerprint density at radius 1 is 1.00 bits per heavy atom. The van der Waals surface area contributed by atoms with Gasteiger partial charge in [0.1, 0.15) is 0 Å². The van der Waals surface area contributed by atoms with E-state index < -0.39 is 25.8 Å². The Morgan fingerprint density at radius 3 is 2.43 bits per heavy atom. The molecule has 0 fully saturated rings. The number of hydrogen-bond donors (Lipinski definition) is 1. The lowest BCUT2D eigenvalue weighted by Crippen LogP contribution is -2.37. The SMILES string of the molecule is CCCS(=O)(=O)N1CCc2ccc(NC(=O)CCS(=O)(=O)c3ccccc3)cc2C1. The fourth-order valence-corrected chi connectivity index (χ4v) is 6.17. The number of nitrogens with one attached hydrogen (secondary N) is 1. The zero-order valence-electron chi connectivity index (χ0n) is 16.9. The number of benzene rings is 2. The highest BCUT2D eigenvalue weighted by Crippen LogP contribution is 2.25. The van der Waals surface area contributed by atoms with E-state index in [9.17, 15) is 21.6 Å². The Labute approximate surface area is 178 Å². The van der Waals surface area contributed by atoms with Gasteiger partial charge in [-0.2, -0.15) is 4.31 Å². The Hall–Kier alpha value is -2.23. The van der Waals surface area contributed by atoms with Crippen LogP contribution in [-0.4, -0.2) is 45.1 Å². The van der Waals surface area contributed by atoms with Gasteiger partial charge in [0.15, 0.2) is 9.84 Å². The molecule has 9 heteroatoms. The fraction of sp³-hybridized carbons (Fsp3) is 0.381. The molecule has 1 N–H and O–H groups in total. The third kappa shape index (κ3) is 5.47. The van der Waals surface area contributed by atoms with E-state index in [4.69, 9.17) is 0 Å². The fourth-order valence-electron chi connectivity index (χ4n) is 3.43. The van der Waals surface area contributed by atoms with E-state index in [1.54, 1.807) is 30.3 Å². The van der Waals surface area contributed by atoms with Crippen molar-refractivity contribution in [2.24, 2.45) is 0 Å². The summed E-state index contributed by atoms with van der Waals surface area (Å²) < 4.78 is 50.8. The van der Waals surface area contributed by atoms with Crippen molar-refractivity contribution in [3.8, 4) is 0 Å². The van der Waals surface area contributed by atoms with Crippen molar-refractivity contribution in [1.82, 2.24) is 4.31 Å². The summed E-state index contributed by atoms with van der Waals surface area (Å²) in [5.74, 6) is -0.563. The molecule has 0 saturated carbocycles. The third-order valence-electron chi connectivity index (χ3n) is 5.02. The minimum absolute atomic E-state index is 0.120. The molecule has 162 valence electrons. The topological polar surface area (TPSA) is 101 Å². The summed E-state index contributed by atoms with van der Waals surface area (Å²) in [5, 5.41) is 2.72. The number of amides is 1. The second kappa shape index (κ2) is 9.28. The summed E-state index contributed by atoms with van der Waals surface area (Å²) in [5.41, 5.74) is 2.45. The highest BCUT2D eigenvalue weighted by molar-refractivity contribution is 7.91. The molecule has 3 rings (SSSR count). The zero-order chi connectivity index (χ0) is 21.8. The molecule has 7 nitrogen and oxygen atoms in total. The molecular weight excluding hydrogens is 424 g/mol. The van der Waals surface area contributed by atoms with Crippen LogP contribution >= 0.6 is 0 Å². The standard InChI is InChI=1S/C21H26N2O5S2/c1-2-13-30(27,28)23-12-10-17-8-9-19(15-18(17)16-23)22-21(24)11-14-29(25,26)20-6-4-3-5-7-20/h3-9,15H,2,10-14,16H2,1H3,(H,22,24). The highest BCUT2D eigenvalue weighted by atomic mass is 32.2. The van der Waals surface area contributed by atoms with Gasteiger partial charge in [0.25, 0.3) is 0 Å². The average molecular weight is 451 g/mol. The van der Waals surface area contributed by atoms with E-state index in [0.717, 1.165) is 11.1 Å². The summed E-state index contributed by atoms with van der Waals surface area (Å²) >= 11 is 0. The van der Waals surface area contributed by atoms with E-state index in [1.807, 2.05) is 13.0 Å². The second-order valence-electron chi connectivity index (χ2n) is 7.31. The van der Waals surface area contributed by atoms with Gasteiger partial charge in [0.05, 0.1) is 16.4 Å². The number of nitrogens with zero attached hydrogens (tertiary/aromatic N) is 1. The van der Waals surface area contributed by atoms with Crippen molar-refractivity contribution >= 4 is 31.5 Å². The Kier molecular flexibility index (Phi) is 6.95. The van der Waals surface area contributed by atoms with Crippen LogP contribution in [0.2, 0.25) is 0 Å². The van der Waals surface area contributed by atoms with E-state index in [-0.39, 0.29) is 29.4 Å². The maximum atomic E-state index is 12.4. The molecule has 0 bridgehead atoms. The normalized spacial score (nSPS) is 14.8. The smallest absolute Gasteiger partial charge is 0.225 e. The largest absolute Gasteiger partial charge is 0.326 e. The predicted octanol–water partition coefficient (Wildman–Crippen LogP) is 2.59. The maximum Gasteiger partial charge on any atom is 0.225 e. The molecule has 2 aromatic carbocycles. The number of rotatable bonds is 8. The van der Waals surface area contributed by atoms with E-state index in [1.165, 1.54) is 16.4 Å². The van der Waals surface area contributed by atoms with Gasteiger partial charge in [-0.1, -0.05) is 31.2 Å². The van der Waals surface area contributed by atoms with Crippen LogP contribution in [0.4, 0.5) is 5.69 Å². The molecule has 0 spiro atoms. The molecule has 30 heavy (non-hydrogen) atoms. The number of anilines is 1. The lowest BCUT2D eigenvalue weighted by molar-refractivity contribution is -0.115. The summed E-state index contributed by atoms with van der Waals surface area (Å²) in [7, 11) is -6.81. The van der Waals surface area contributed by atoms with Crippen LogP contribution in [0, 0.1) is 0 Å². The monoisotopic (exact) mass is 450 g/mol.